The normalized spacial score (nSPS) is 11.2. The molecular weight excluding hydrogens is 462 g/mol. The fourth-order valence-corrected chi connectivity index (χ4v) is 3.94. The average molecular weight is 483 g/mol. The number of nitro benzene ring substituents is 1. The molecule has 3 rings (SSSR count). The second-order valence-electron chi connectivity index (χ2n) is 7.06. The third kappa shape index (κ3) is 6.28. The number of aromatic nitrogens is 1. The summed E-state index contributed by atoms with van der Waals surface area (Å²) in [5.74, 6) is -1.91. The number of rotatable bonds is 8. The summed E-state index contributed by atoms with van der Waals surface area (Å²) in [4.78, 5) is 30.9. The lowest BCUT2D eigenvalue weighted by molar-refractivity contribution is -0.384. The van der Waals surface area contributed by atoms with Crippen LogP contribution in [0.15, 0.2) is 42.5 Å². The highest BCUT2D eigenvalue weighted by Gasteiger charge is 2.20. The van der Waals surface area contributed by atoms with Gasteiger partial charge >= 0.3 is 0 Å². The number of halogens is 3. The Bertz CT molecular complexity index is 1150. The molecule has 0 aliphatic heterocycles. The highest BCUT2D eigenvalue weighted by Crippen LogP contribution is 2.31. The largest absolute Gasteiger partial charge is 0.309 e. The van der Waals surface area contributed by atoms with E-state index in [9.17, 15) is 23.7 Å². The van der Waals surface area contributed by atoms with Crippen LogP contribution in [0.1, 0.15) is 12.0 Å². The quantitative estimate of drug-likeness (QED) is 0.259. The van der Waals surface area contributed by atoms with Gasteiger partial charge in [0.25, 0.3) is 11.6 Å². The number of carbonyl (C=O) groups is 1. The molecule has 0 N–H and O–H groups in total. The van der Waals surface area contributed by atoms with E-state index >= 15 is 0 Å². The van der Waals surface area contributed by atoms with Crippen molar-refractivity contribution >= 4 is 56.8 Å². The summed E-state index contributed by atoms with van der Waals surface area (Å²) in [7, 11) is 3.81. The van der Waals surface area contributed by atoms with Gasteiger partial charge in [-0.15, -0.1) is 12.4 Å². The van der Waals surface area contributed by atoms with E-state index in [4.69, 9.17) is 0 Å². The van der Waals surface area contributed by atoms with Crippen LogP contribution in [-0.2, 0) is 4.79 Å². The van der Waals surface area contributed by atoms with E-state index in [2.05, 4.69) is 4.98 Å². The smallest absolute Gasteiger partial charge is 0.270 e. The minimum Gasteiger partial charge on any atom is -0.309 e. The molecule has 0 saturated heterocycles. The first-order chi connectivity index (χ1) is 14.7. The van der Waals surface area contributed by atoms with Gasteiger partial charge in [0.15, 0.2) is 10.9 Å². The number of benzene rings is 2. The van der Waals surface area contributed by atoms with Gasteiger partial charge in [-0.3, -0.25) is 19.8 Å². The lowest BCUT2D eigenvalue weighted by atomic mass is 10.2. The Morgan fingerprint density at radius 1 is 1.22 bits per heavy atom. The first kappa shape index (κ1) is 25.3. The number of hydrogen-bond donors (Lipinski definition) is 0. The fraction of sp³-hybridized carbons (Fsp3) is 0.238. The Labute approximate surface area is 193 Å². The zero-order valence-electron chi connectivity index (χ0n) is 17.3. The first-order valence-corrected chi connectivity index (χ1v) is 10.2. The Morgan fingerprint density at radius 2 is 1.97 bits per heavy atom. The maximum atomic E-state index is 14.1. The zero-order valence-corrected chi connectivity index (χ0v) is 19.0. The van der Waals surface area contributed by atoms with Gasteiger partial charge in [0, 0.05) is 30.8 Å². The highest BCUT2D eigenvalue weighted by atomic mass is 35.5. The van der Waals surface area contributed by atoms with Gasteiger partial charge in [0.2, 0.25) is 0 Å². The second kappa shape index (κ2) is 11.1. The standard InChI is InChI=1S/C21H20F2N4O3S.ClH/c1-25(2)9-4-10-26(21-24-20-17(23)12-15(22)13-18(20)31-21)19(28)8-7-14-5-3-6-16(11-14)27(29)30;/h3,5-8,11-13H,4,9-10H2,1-2H3;1H. The number of hydrogen-bond acceptors (Lipinski definition) is 6. The van der Waals surface area contributed by atoms with Gasteiger partial charge in [0.05, 0.1) is 9.62 Å². The number of nitro groups is 1. The van der Waals surface area contributed by atoms with Crippen LogP contribution in [0.5, 0.6) is 0 Å². The molecule has 1 amide bonds. The van der Waals surface area contributed by atoms with E-state index in [1.807, 2.05) is 19.0 Å². The van der Waals surface area contributed by atoms with Crippen LogP contribution in [0.25, 0.3) is 16.3 Å². The Balaban J connectivity index is 0.00000363. The van der Waals surface area contributed by atoms with Crippen molar-refractivity contribution in [3.05, 3.63) is 69.8 Å². The number of amides is 1. The summed E-state index contributed by atoms with van der Waals surface area (Å²) < 4.78 is 27.9. The summed E-state index contributed by atoms with van der Waals surface area (Å²) in [5.41, 5.74) is 0.420. The molecule has 0 aliphatic rings. The van der Waals surface area contributed by atoms with Crippen molar-refractivity contribution in [1.29, 1.82) is 0 Å². The molecule has 7 nitrogen and oxygen atoms in total. The molecule has 0 saturated carbocycles. The van der Waals surface area contributed by atoms with Crippen LogP contribution in [0.3, 0.4) is 0 Å². The molecule has 0 spiro atoms. The summed E-state index contributed by atoms with van der Waals surface area (Å²) in [6, 6.07) is 7.83. The number of thiazole rings is 1. The lowest BCUT2D eigenvalue weighted by Crippen LogP contribution is -2.32. The van der Waals surface area contributed by atoms with Crippen LogP contribution >= 0.6 is 23.7 Å². The Hall–Kier alpha value is -2.95. The van der Waals surface area contributed by atoms with Crippen LogP contribution in [0, 0.1) is 21.7 Å². The van der Waals surface area contributed by atoms with E-state index in [0.717, 1.165) is 17.4 Å². The number of nitrogens with zero attached hydrogens (tertiary/aromatic N) is 4. The van der Waals surface area contributed by atoms with E-state index in [-0.39, 0.29) is 28.7 Å². The number of fused-ring (bicyclic) bond motifs is 1. The second-order valence-corrected chi connectivity index (χ2v) is 8.07. The molecule has 0 bridgehead atoms. The molecule has 1 heterocycles. The topological polar surface area (TPSA) is 79.6 Å². The molecule has 170 valence electrons. The van der Waals surface area contributed by atoms with Gasteiger partial charge in [-0.1, -0.05) is 23.5 Å². The van der Waals surface area contributed by atoms with Crippen LogP contribution in [-0.4, -0.2) is 47.9 Å². The van der Waals surface area contributed by atoms with Crippen molar-refractivity contribution in [2.75, 3.05) is 32.1 Å². The Kier molecular flexibility index (Phi) is 8.76. The van der Waals surface area contributed by atoms with Crippen LogP contribution in [0.2, 0.25) is 0 Å². The predicted molar refractivity (Wildman–Crippen MR) is 124 cm³/mol. The first-order valence-electron chi connectivity index (χ1n) is 9.39. The molecule has 0 unspecified atom stereocenters. The van der Waals surface area contributed by atoms with Crippen molar-refractivity contribution in [3.8, 4) is 0 Å². The molecule has 0 fully saturated rings. The van der Waals surface area contributed by atoms with E-state index in [1.165, 1.54) is 41.3 Å². The lowest BCUT2D eigenvalue weighted by Gasteiger charge is -2.19. The summed E-state index contributed by atoms with van der Waals surface area (Å²) >= 11 is 1.03. The summed E-state index contributed by atoms with van der Waals surface area (Å²) in [6.45, 7) is 1.03. The zero-order chi connectivity index (χ0) is 22.5. The van der Waals surface area contributed by atoms with E-state index < -0.39 is 22.5 Å². The molecule has 1 aromatic heterocycles. The third-order valence-electron chi connectivity index (χ3n) is 4.39. The molecule has 3 aromatic rings. The van der Waals surface area contributed by atoms with Gasteiger partial charge in [-0.25, -0.2) is 13.8 Å². The predicted octanol–water partition coefficient (Wildman–Crippen LogP) is 4.90. The molecule has 0 atom stereocenters. The van der Waals surface area contributed by atoms with Gasteiger partial charge < -0.3 is 4.90 Å². The minimum atomic E-state index is -0.787. The van der Waals surface area contributed by atoms with Gasteiger partial charge in [-0.2, -0.15) is 0 Å². The van der Waals surface area contributed by atoms with Crippen molar-refractivity contribution < 1.29 is 18.5 Å². The van der Waals surface area contributed by atoms with E-state index in [1.54, 1.807) is 6.07 Å². The SMILES string of the molecule is CN(C)CCCN(C(=O)C=Cc1cccc([N+](=O)[O-])c1)c1nc2c(F)cc(F)cc2s1.Cl. The van der Waals surface area contributed by atoms with Crippen molar-refractivity contribution in [2.45, 2.75) is 6.42 Å². The molecule has 0 aliphatic carbocycles. The molecule has 32 heavy (non-hydrogen) atoms. The molecule has 11 heteroatoms. The van der Waals surface area contributed by atoms with Crippen molar-refractivity contribution in [1.82, 2.24) is 9.88 Å². The monoisotopic (exact) mass is 482 g/mol. The molecular formula is C21H21ClF2N4O3S. The van der Waals surface area contributed by atoms with E-state index in [0.29, 0.717) is 29.8 Å². The van der Waals surface area contributed by atoms with Crippen LogP contribution in [0.4, 0.5) is 19.6 Å². The summed E-state index contributed by atoms with van der Waals surface area (Å²) in [5, 5.41) is 11.2. The highest BCUT2D eigenvalue weighted by molar-refractivity contribution is 7.22. The molecule has 2 aromatic carbocycles. The van der Waals surface area contributed by atoms with Gasteiger partial charge in [0.1, 0.15) is 11.3 Å². The third-order valence-corrected chi connectivity index (χ3v) is 5.41. The van der Waals surface area contributed by atoms with Crippen LogP contribution < -0.4 is 4.90 Å². The van der Waals surface area contributed by atoms with Crippen molar-refractivity contribution in [3.63, 3.8) is 0 Å². The maximum Gasteiger partial charge on any atom is 0.270 e. The van der Waals surface area contributed by atoms with Gasteiger partial charge in [-0.05, 0) is 44.8 Å². The number of carbonyl (C=O) groups excluding carboxylic acids is 1. The maximum absolute atomic E-state index is 14.1. The minimum absolute atomic E-state index is 0. The van der Waals surface area contributed by atoms with Crippen molar-refractivity contribution in [2.24, 2.45) is 0 Å². The average Bonchev–Trinajstić information content (AvgIpc) is 3.13. The molecule has 0 radical (unpaired) electrons. The number of anilines is 1. The fourth-order valence-electron chi connectivity index (χ4n) is 2.91. The Morgan fingerprint density at radius 3 is 2.66 bits per heavy atom. The summed E-state index contributed by atoms with van der Waals surface area (Å²) in [6.07, 6.45) is 3.40. The number of non-ortho nitro benzene ring substituents is 1.